The van der Waals surface area contributed by atoms with Crippen LogP contribution in [0.25, 0.3) is 0 Å². The number of carboxylic acid groups (broad SMARTS) is 1. The van der Waals surface area contributed by atoms with Crippen molar-refractivity contribution in [1.82, 2.24) is 0 Å². The number of carbonyl (C=O) groups is 2. The summed E-state index contributed by atoms with van der Waals surface area (Å²) in [6, 6.07) is 9.39. The molecule has 92 valence electrons. The van der Waals surface area contributed by atoms with E-state index in [2.05, 4.69) is 4.99 Å². The van der Waals surface area contributed by atoms with Gasteiger partial charge in [0.1, 0.15) is 0 Å². The molecular formula is C13H11NO4. The molecule has 18 heavy (non-hydrogen) atoms. The molecule has 0 bridgehead atoms. The highest BCUT2D eigenvalue weighted by Gasteiger charge is 2.22. The average molecular weight is 245 g/mol. The Kier molecular flexibility index (Phi) is 3.64. The Hall–Kier alpha value is -2.27. The number of carbonyl (C=O) groups excluding carboxylic acids is 1. The monoisotopic (exact) mass is 245 g/mol. The molecule has 0 saturated carbocycles. The van der Waals surface area contributed by atoms with Gasteiger partial charge in [-0.25, -0.2) is 4.79 Å². The van der Waals surface area contributed by atoms with Crippen molar-refractivity contribution in [2.75, 3.05) is 0 Å². The van der Waals surface area contributed by atoms with Gasteiger partial charge in [-0.2, -0.15) is 0 Å². The Morgan fingerprint density at radius 3 is 2.67 bits per heavy atom. The molecule has 0 fully saturated rings. The zero-order valence-electron chi connectivity index (χ0n) is 9.45. The maximum absolute atomic E-state index is 11.6. The summed E-state index contributed by atoms with van der Waals surface area (Å²) in [6.07, 6.45) is 1.39. The number of rotatable bonds is 4. The topological polar surface area (TPSA) is 76.0 Å². The van der Waals surface area contributed by atoms with Crippen molar-refractivity contribution < 1.29 is 19.4 Å². The summed E-state index contributed by atoms with van der Waals surface area (Å²) in [4.78, 5) is 25.8. The van der Waals surface area contributed by atoms with Crippen molar-refractivity contribution in [2.45, 2.75) is 12.7 Å². The summed E-state index contributed by atoms with van der Waals surface area (Å²) in [7, 11) is 0. The van der Waals surface area contributed by atoms with Crippen molar-refractivity contribution in [3.8, 4) is 0 Å². The highest BCUT2D eigenvalue weighted by Crippen LogP contribution is 2.09. The van der Waals surface area contributed by atoms with Crippen LogP contribution in [0.3, 0.4) is 0 Å². The minimum absolute atomic E-state index is 0.264. The Balaban J connectivity index is 1.95. The minimum atomic E-state index is -1.22. The summed E-state index contributed by atoms with van der Waals surface area (Å²) in [5, 5.41) is 8.68. The third-order valence-electron chi connectivity index (χ3n) is 2.40. The van der Waals surface area contributed by atoms with Gasteiger partial charge >= 0.3 is 5.97 Å². The van der Waals surface area contributed by atoms with E-state index < -0.39 is 17.9 Å². The van der Waals surface area contributed by atoms with E-state index in [1.54, 1.807) is 0 Å². The first-order valence-electron chi connectivity index (χ1n) is 5.35. The third-order valence-corrected chi connectivity index (χ3v) is 2.40. The predicted molar refractivity (Wildman–Crippen MR) is 64.2 cm³/mol. The van der Waals surface area contributed by atoms with Crippen molar-refractivity contribution in [1.29, 1.82) is 0 Å². The predicted octanol–water partition coefficient (Wildman–Crippen LogP) is 1.19. The van der Waals surface area contributed by atoms with Crippen LogP contribution >= 0.6 is 0 Å². The van der Waals surface area contributed by atoms with E-state index in [4.69, 9.17) is 9.84 Å². The molecule has 0 aromatic heterocycles. The number of ketones is 1. The molecule has 0 spiro atoms. The lowest BCUT2D eigenvalue weighted by molar-refractivity contribution is -0.133. The van der Waals surface area contributed by atoms with Crippen molar-refractivity contribution >= 4 is 18.0 Å². The van der Waals surface area contributed by atoms with Crippen molar-refractivity contribution in [3.63, 3.8) is 0 Å². The first-order chi connectivity index (χ1) is 8.66. The zero-order valence-corrected chi connectivity index (χ0v) is 9.45. The largest absolute Gasteiger partial charge is 0.477 e. The molecule has 1 aromatic rings. The van der Waals surface area contributed by atoms with E-state index in [0.717, 1.165) is 11.6 Å². The van der Waals surface area contributed by atoms with E-state index >= 15 is 0 Å². The number of nitrogens with zero attached hydrogens (tertiary/aromatic N) is 1. The average Bonchev–Trinajstić information content (AvgIpc) is 2.38. The van der Waals surface area contributed by atoms with Crippen LogP contribution in [0.15, 0.2) is 47.1 Å². The standard InChI is InChI=1S/C13H11NO4/c15-11-6-10(13(16)17)14-7-12(11)18-8-9-4-2-1-3-5-9/h1-7,12H,8H2,(H,16,17). The van der Waals surface area contributed by atoms with Crippen LogP contribution in [-0.2, 0) is 20.9 Å². The smallest absolute Gasteiger partial charge is 0.354 e. The molecule has 0 aliphatic carbocycles. The van der Waals surface area contributed by atoms with E-state index in [1.807, 2.05) is 30.3 Å². The van der Waals surface area contributed by atoms with E-state index in [-0.39, 0.29) is 12.3 Å². The maximum Gasteiger partial charge on any atom is 0.354 e. The van der Waals surface area contributed by atoms with Crippen LogP contribution in [0.1, 0.15) is 5.56 Å². The van der Waals surface area contributed by atoms with Gasteiger partial charge in [0.15, 0.2) is 17.6 Å². The van der Waals surface area contributed by atoms with Crippen LogP contribution < -0.4 is 0 Å². The van der Waals surface area contributed by atoms with Crippen LogP contribution in [0, 0.1) is 0 Å². The molecule has 0 radical (unpaired) electrons. The maximum atomic E-state index is 11.6. The Morgan fingerprint density at radius 1 is 1.33 bits per heavy atom. The van der Waals surface area contributed by atoms with Crippen molar-refractivity contribution in [2.24, 2.45) is 4.99 Å². The van der Waals surface area contributed by atoms with Gasteiger partial charge in [0.2, 0.25) is 0 Å². The lowest BCUT2D eigenvalue weighted by Gasteiger charge is -2.13. The van der Waals surface area contributed by atoms with Gasteiger partial charge in [-0.1, -0.05) is 30.3 Å². The second kappa shape index (κ2) is 5.37. The molecule has 0 saturated heterocycles. The van der Waals surface area contributed by atoms with Gasteiger partial charge in [-0.3, -0.25) is 9.79 Å². The number of benzene rings is 1. The molecule has 1 N–H and O–H groups in total. The van der Waals surface area contributed by atoms with Crippen LogP contribution in [0.4, 0.5) is 0 Å². The fourth-order valence-electron chi connectivity index (χ4n) is 1.48. The van der Waals surface area contributed by atoms with Gasteiger partial charge in [-0.05, 0) is 5.56 Å². The minimum Gasteiger partial charge on any atom is -0.477 e. The molecule has 5 heteroatoms. The van der Waals surface area contributed by atoms with E-state index in [0.29, 0.717) is 0 Å². The molecule has 1 unspecified atom stereocenters. The number of carboxylic acids is 1. The summed E-state index contributed by atoms with van der Waals surface area (Å²) in [5.41, 5.74) is 0.672. The lowest BCUT2D eigenvalue weighted by Crippen LogP contribution is -2.28. The highest BCUT2D eigenvalue weighted by molar-refractivity contribution is 6.11. The number of aliphatic imine (C=N–C) groups is 1. The molecule has 0 amide bonds. The second-order valence-electron chi connectivity index (χ2n) is 3.73. The van der Waals surface area contributed by atoms with Gasteiger partial charge in [0.25, 0.3) is 0 Å². The molecule has 1 aliphatic rings. The molecule has 1 aromatic carbocycles. The normalized spacial score (nSPS) is 18.6. The number of hydrogen-bond donors (Lipinski definition) is 1. The summed E-state index contributed by atoms with van der Waals surface area (Å²) in [5.74, 6) is -1.63. The van der Waals surface area contributed by atoms with E-state index in [1.165, 1.54) is 6.21 Å². The lowest BCUT2D eigenvalue weighted by atomic mass is 10.1. The van der Waals surface area contributed by atoms with Gasteiger partial charge in [-0.15, -0.1) is 0 Å². The third kappa shape index (κ3) is 2.89. The van der Waals surface area contributed by atoms with Crippen LogP contribution in [-0.4, -0.2) is 29.2 Å². The Labute approximate surface area is 103 Å². The second-order valence-corrected chi connectivity index (χ2v) is 3.73. The number of hydrogen-bond acceptors (Lipinski definition) is 4. The Bertz CT molecular complexity index is 519. The van der Waals surface area contributed by atoms with Crippen LogP contribution in [0.5, 0.6) is 0 Å². The zero-order chi connectivity index (χ0) is 13.0. The SMILES string of the molecule is O=C(O)C1=CC(=O)C(OCc2ccccc2)C=N1. The summed E-state index contributed by atoms with van der Waals surface area (Å²) >= 11 is 0. The Morgan fingerprint density at radius 2 is 2.06 bits per heavy atom. The molecule has 5 nitrogen and oxygen atoms in total. The summed E-state index contributed by atoms with van der Waals surface area (Å²) in [6.45, 7) is 0.277. The van der Waals surface area contributed by atoms with Gasteiger partial charge in [0, 0.05) is 12.3 Å². The molecule has 2 rings (SSSR count). The fraction of sp³-hybridized carbons (Fsp3) is 0.154. The summed E-state index contributed by atoms with van der Waals surface area (Å²) < 4.78 is 5.37. The molecular weight excluding hydrogens is 234 g/mol. The van der Waals surface area contributed by atoms with E-state index in [9.17, 15) is 9.59 Å². The highest BCUT2D eigenvalue weighted by atomic mass is 16.5. The number of ether oxygens (including phenoxy) is 1. The van der Waals surface area contributed by atoms with Crippen LogP contribution in [0.2, 0.25) is 0 Å². The molecule has 1 heterocycles. The fourth-order valence-corrected chi connectivity index (χ4v) is 1.48. The molecule has 1 atom stereocenters. The first-order valence-corrected chi connectivity index (χ1v) is 5.35. The van der Waals surface area contributed by atoms with Gasteiger partial charge < -0.3 is 9.84 Å². The quantitative estimate of drug-likeness (QED) is 0.864. The number of aliphatic carboxylic acids is 1. The molecule has 1 aliphatic heterocycles. The van der Waals surface area contributed by atoms with Crippen molar-refractivity contribution in [3.05, 3.63) is 47.7 Å². The first kappa shape index (κ1) is 12.2. The van der Waals surface area contributed by atoms with Gasteiger partial charge in [0.05, 0.1) is 6.61 Å².